The molecule has 130 valence electrons. The molecular weight excluding hydrogens is 312 g/mol. The van der Waals surface area contributed by atoms with Gasteiger partial charge in [0, 0.05) is 0 Å². The van der Waals surface area contributed by atoms with Gasteiger partial charge in [-0.15, -0.1) is 0 Å². The number of ether oxygens (including phenoxy) is 4. The highest BCUT2D eigenvalue weighted by Crippen LogP contribution is 2.18. The van der Waals surface area contributed by atoms with E-state index in [1.807, 2.05) is 0 Å². The molecule has 0 spiro atoms. The first-order chi connectivity index (χ1) is 11.6. The van der Waals surface area contributed by atoms with Crippen molar-refractivity contribution < 1.29 is 29.2 Å². The molecule has 0 unspecified atom stereocenters. The predicted molar refractivity (Wildman–Crippen MR) is 89.0 cm³/mol. The van der Waals surface area contributed by atoms with E-state index < -0.39 is 12.2 Å². The summed E-state index contributed by atoms with van der Waals surface area (Å²) in [7, 11) is 3.16. The molecule has 0 heterocycles. The van der Waals surface area contributed by atoms with E-state index in [0.717, 1.165) is 11.5 Å². The summed E-state index contributed by atoms with van der Waals surface area (Å²) in [5.74, 6) is 2.60. The zero-order valence-electron chi connectivity index (χ0n) is 13.7. The molecule has 0 amide bonds. The molecule has 6 heteroatoms. The molecule has 2 aromatic carbocycles. The van der Waals surface area contributed by atoms with Crippen LogP contribution < -0.4 is 18.9 Å². The lowest BCUT2D eigenvalue weighted by molar-refractivity contribution is -0.0288. The number of benzene rings is 2. The first kappa shape index (κ1) is 17.9. The van der Waals surface area contributed by atoms with E-state index in [1.54, 1.807) is 62.8 Å². The van der Waals surface area contributed by atoms with Crippen LogP contribution in [0, 0.1) is 0 Å². The zero-order chi connectivity index (χ0) is 17.4. The molecule has 2 atom stereocenters. The maximum Gasteiger partial charge on any atom is 0.119 e. The van der Waals surface area contributed by atoms with Gasteiger partial charge in [-0.1, -0.05) is 0 Å². The van der Waals surface area contributed by atoms with E-state index in [9.17, 15) is 10.2 Å². The molecule has 0 aliphatic carbocycles. The monoisotopic (exact) mass is 334 g/mol. The van der Waals surface area contributed by atoms with Crippen LogP contribution in [0.2, 0.25) is 0 Å². The Morgan fingerprint density at radius 1 is 0.625 bits per heavy atom. The summed E-state index contributed by atoms with van der Waals surface area (Å²) in [5.41, 5.74) is 0. The second-order valence-electron chi connectivity index (χ2n) is 5.11. The molecule has 2 N–H and O–H groups in total. The number of aliphatic hydroxyl groups excluding tert-OH is 2. The first-order valence-electron chi connectivity index (χ1n) is 7.52. The van der Waals surface area contributed by atoms with Crippen LogP contribution in [-0.2, 0) is 0 Å². The summed E-state index contributed by atoms with van der Waals surface area (Å²) in [6, 6.07) is 13.9. The highest BCUT2D eigenvalue weighted by atomic mass is 16.5. The van der Waals surface area contributed by atoms with Gasteiger partial charge in [-0.05, 0) is 48.5 Å². The molecule has 0 aliphatic heterocycles. The van der Waals surface area contributed by atoms with E-state index in [4.69, 9.17) is 18.9 Å². The first-order valence-corrected chi connectivity index (χ1v) is 7.52. The largest absolute Gasteiger partial charge is 0.497 e. The Hall–Kier alpha value is -2.44. The minimum atomic E-state index is -1.06. The summed E-state index contributed by atoms with van der Waals surface area (Å²) in [6.07, 6.45) is -2.13. The second-order valence-corrected chi connectivity index (χ2v) is 5.11. The average molecular weight is 334 g/mol. The fourth-order valence-corrected chi connectivity index (χ4v) is 1.93. The Kier molecular flexibility index (Phi) is 6.72. The molecule has 0 radical (unpaired) electrons. The highest BCUT2D eigenvalue weighted by molar-refractivity contribution is 5.31. The zero-order valence-corrected chi connectivity index (χ0v) is 13.7. The van der Waals surface area contributed by atoms with Crippen molar-refractivity contribution in [3.05, 3.63) is 48.5 Å². The Labute approximate surface area is 141 Å². The molecule has 0 saturated heterocycles. The quantitative estimate of drug-likeness (QED) is 0.729. The van der Waals surface area contributed by atoms with Crippen molar-refractivity contribution in [2.24, 2.45) is 0 Å². The lowest BCUT2D eigenvalue weighted by Crippen LogP contribution is -2.36. The summed E-state index contributed by atoms with van der Waals surface area (Å²) in [5, 5.41) is 19.9. The van der Waals surface area contributed by atoms with Gasteiger partial charge in [0.15, 0.2) is 0 Å². The molecule has 2 rings (SSSR count). The molecular formula is C18H22O6. The minimum Gasteiger partial charge on any atom is -0.497 e. The van der Waals surface area contributed by atoms with Gasteiger partial charge in [0.1, 0.15) is 48.4 Å². The number of aliphatic hydroxyl groups is 2. The van der Waals surface area contributed by atoms with Gasteiger partial charge in [-0.3, -0.25) is 0 Å². The fourth-order valence-electron chi connectivity index (χ4n) is 1.93. The fraction of sp³-hybridized carbons (Fsp3) is 0.333. The van der Waals surface area contributed by atoms with Crippen molar-refractivity contribution >= 4 is 0 Å². The van der Waals surface area contributed by atoms with E-state index in [1.165, 1.54) is 0 Å². The molecule has 2 aromatic rings. The molecule has 0 aromatic heterocycles. The van der Waals surface area contributed by atoms with Gasteiger partial charge in [0.2, 0.25) is 0 Å². The van der Waals surface area contributed by atoms with Crippen LogP contribution in [-0.4, -0.2) is 49.9 Å². The summed E-state index contributed by atoms with van der Waals surface area (Å²) >= 11 is 0. The van der Waals surface area contributed by atoms with Gasteiger partial charge in [-0.25, -0.2) is 0 Å². The van der Waals surface area contributed by atoms with Crippen molar-refractivity contribution in [2.45, 2.75) is 12.2 Å². The third kappa shape index (κ3) is 5.33. The van der Waals surface area contributed by atoms with E-state index in [0.29, 0.717) is 11.5 Å². The topological polar surface area (TPSA) is 77.4 Å². The van der Waals surface area contributed by atoms with Crippen LogP contribution in [0.25, 0.3) is 0 Å². The van der Waals surface area contributed by atoms with Gasteiger partial charge < -0.3 is 29.2 Å². The van der Waals surface area contributed by atoms with Gasteiger partial charge >= 0.3 is 0 Å². The summed E-state index contributed by atoms with van der Waals surface area (Å²) in [6.45, 7) is -0.0844. The Morgan fingerprint density at radius 2 is 0.917 bits per heavy atom. The SMILES string of the molecule is COc1ccc(OC[C@@H](O)[C@H](O)COc2ccc(OC)cc2)cc1. The number of methoxy groups -OCH3 is 2. The normalized spacial score (nSPS) is 13.0. The van der Waals surface area contributed by atoms with Crippen molar-refractivity contribution in [3.8, 4) is 23.0 Å². The Balaban J connectivity index is 1.75. The minimum absolute atomic E-state index is 0.0422. The Morgan fingerprint density at radius 3 is 1.21 bits per heavy atom. The smallest absolute Gasteiger partial charge is 0.119 e. The van der Waals surface area contributed by atoms with Crippen molar-refractivity contribution in [2.75, 3.05) is 27.4 Å². The number of rotatable bonds is 9. The molecule has 0 bridgehead atoms. The van der Waals surface area contributed by atoms with Crippen LogP contribution in [0.3, 0.4) is 0 Å². The van der Waals surface area contributed by atoms with Crippen molar-refractivity contribution in [3.63, 3.8) is 0 Å². The predicted octanol–water partition coefficient (Wildman–Crippen LogP) is 1.88. The lowest BCUT2D eigenvalue weighted by atomic mass is 10.2. The van der Waals surface area contributed by atoms with Crippen LogP contribution >= 0.6 is 0 Å². The molecule has 6 nitrogen and oxygen atoms in total. The van der Waals surface area contributed by atoms with Crippen LogP contribution in [0.1, 0.15) is 0 Å². The third-order valence-electron chi connectivity index (χ3n) is 3.40. The van der Waals surface area contributed by atoms with Crippen molar-refractivity contribution in [1.29, 1.82) is 0 Å². The summed E-state index contributed by atoms with van der Waals surface area (Å²) in [4.78, 5) is 0. The lowest BCUT2D eigenvalue weighted by Gasteiger charge is -2.19. The maximum absolute atomic E-state index is 9.94. The van der Waals surface area contributed by atoms with E-state index >= 15 is 0 Å². The Bertz CT molecular complexity index is 540. The van der Waals surface area contributed by atoms with Gasteiger partial charge in [-0.2, -0.15) is 0 Å². The maximum atomic E-state index is 9.94. The van der Waals surface area contributed by atoms with Crippen LogP contribution in [0.4, 0.5) is 0 Å². The number of hydrogen-bond acceptors (Lipinski definition) is 6. The highest BCUT2D eigenvalue weighted by Gasteiger charge is 2.18. The van der Waals surface area contributed by atoms with Crippen LogP contribution in [0.5, 0.6) is 23.0 Å². The van der Waals surface area contributed by atoms with E-state index in [2.05, 4.69) is 0 Å². The molecule has 24 heavy (non-hydrogen) atoms. The average Bonchev–Trinajstić information content (AvgIpc) is 2.64. The molecule has 0 fully saturated rings. The van der Waals surface area contributed by atoms with Gasteiger partial charge in [0.25, 0.3) is 0 Å². The van der Waals surface area contributed by atoms with E-state index in [-0.39, 0.29) is 13.2 Å². The van der Waals surface area contributed by atoms with Crippen molar-refractivity contribution in [1.82, 2.24) is 0 Å². The third-order valence-corrected chi connectivity index (χ3v) is 3.40. The molecule has 0 aliphatic rings. The van der Waals surface area contributed by atoms with Gasteiger partial charge in [0.05, 0.1) is 14.2 Å². The number of hydrogen-bond donors (Lipinski definition) is 2. The standard InChI is InChI=1S/C18H22O6/c1-21-13-3-7-15(8-4-13)23-11-17(19)18(20)12-24-16-9-5-14(22-2)6-10-16/h3-10,17-20H,11-12H2,1-2H3/t17-,18-/m1/s1. The van der Waals surface area contributed by atoms with Crippen LogP contribution in [0.15, 0.2) is 48.5 Å². The summed E-state index contributed by atoms with van der Waals surface area (Å²) < 4.78 is 21.0. The second kappa shape index (κ2) is 9.00. The molecule has 0 saturated carbocycles.